The Morgan fingerprint density at radius 3 is 2.88 bits per heavy atom. The Morgan fingerprint density at radius 2 is 2.00 bits per heavy atom. The number of nitrogens with one attached hydrogen (secondary N) is 1. The molecule has 0 amide bonds. The predicted octanol–water partition coefficient (Wildman–Crippen LogP) is 4.54. The van der Waals surface area contributed by atoms with Crippen LogP contribution in [0.25, 0.3) is 20.4 Å². The zero-order valence-electron chi connectivity index (χ0n) is 14.6. The topological polar surface area (TPSA) is 59.8 Å². The molecule has 4 aromatic rings. The summed E-state index contributed by atoms with van der Waals surface area (Å²) < 4.78 is 2.76. The number of rotatable bonds is 2. The SMILES string of the molecule is Cc1nc2ccc(Nc3nc4sc5c(c4c(=O)n3C)CCCC5)cc2s1. The minimum absolute atomic E-state index is 0.0478. The summed E-state index contributed by atoms with van der Waals surface area (Å²) in [6.45, 7) is 2.01. The van der Waals surface area contributed by atoms with Crippen molar-refractivity contribution in [3.63, 3.8) is 0 Å². The minimum atomic E-state index is 0.0478. The van der Waals surface area contributed by atoms with E-state index in [-0.39, 0.29) is 5.56 Å². The van der Waals surface area contributed by atoms with Gasteiger partial charge >= 0.3 is 0 Å². The molecule has 1 aliphatic rings. The van der Waals surface area contributed by atoms with Crippen molar-refractivity contribution in [3.05, 3.63) is 44.0 Å². The van der Waals surface area contributed by atoms with E-state index in [0.29, 0.717) is 5.95 Å². The monoisotopic (exact) mass is 382 g/mol. The maximum Gasteiger partial charge on any atom is 0.263 e. The van der Waals surface area contributed by atoms with E-state index in [0.717, 1.165) is 50.4 Å². The van der Waals surface area contributed by atoms with Crippen LogP contribution in [-0.4, -0.2) is 14.5 Å². The second-order valence-corrected chi connectivity index (χ2v) is 9.05. The number of fused-ring (bicyclic) bond motifs is 4. The lowest BCUT2D eigenvalue weighted by Gasteiger charge is -2.12. The number of anilines is 2. The van der Waals surface area contributed by atoms with E-state index >= 15 is 0 Å². The van der Waals surface area contributed by atoms with E-state index in [1.165, 1.54) is 16.9 Å². The molecule has 0 unspecified atom stereocenters. The van der Waals surface area contributed by atoms with Crippen LogP contribution in [0.1, 0.15) is 28.3 Å². The highest BCUT2D eigenvalue weighted by molar-refractivity contribution is 7.19. The molecule has 0 saturated heterocycles. The first kappa shape index (κ1) is 16.0. The van der Waals surface area contributed by atoms with Gasteiger partial charge in [-0.3, -0.25) is 9.36 Å². The highest BCUT2D eigenvalue weighted by atomic mass is 32.1. The quantitative estimate of drug-likeness (QED) is 0.553. The average molecular weight is 383 g/mol. The highest BCUT2D eigenvalue weighted by Crippen LogP contribution is 2.34. The summed E-state index contributed by atoms with van der Waals surface area (Å²) >= 11 is 3.35. The van der Waals surface area contributed by atoms with Crippen molar-refractivity contribution in [1.29, 1.82) is 0 Å². The molecule has 26 heavy (non-hydrogen) atoms. The predicted molar refractivity (Wildman–Crippen MR) is 109 cm³/mol. The Morgan fingerprint density at radius 1 is 1.15 bits per heavy atom. The van der Waals surface area contributed by atoms with Crippen LogP contribution in [0.4, 0.5) is 11.6 Å². The highest BCUT2D eigenvalue weighted by Gasteiger charge is 2.21. The maximum atomic E-state index is 13.0. The fourth-order valence-corrected chi connectivity index (χ4v) is 5.76. The molecule has 0 bridgehead atoms. The van der Waals surface area contributed by atoms with Crippen LogP contribution >= 0.6 is 22.7 Å². The lowest BCUT2D eigenvalue weighted by Crippen LogP contribution is -2.21. The zero-order valence-corrected chi connectivity index (χ0v) is 16.3. The number of thiazole rings is 1. The van der Waals surface area contributed by atoms with Gasteiger partial charge in [-0.1, -0.05) is 0 Å². The van der Waals surface area contributed by atoms with Gasteiger partial charge in [0.1, 0.15) is 4.83 Å². The molecule has 1 aliphatic carbocycles. The van der Waals surface area contributed by atoms with E-state index in [1.807, 2.05) is 19.1 Å². The number of hydrogen-bond donors (Lipinski definition) is 1. The molecule has 3 heterocycles. The third-order valence-corrected chi connectivity index (χ3v) is 7.07. The van der Waals surface area contributed by atoms with Crippen molar-refractivity contribution < 1.29 is 0 Å². The molecule has 0 saturated carbocycles. The largest absolute Gasteiger partial charge is 0.325 e. The van der Waals surface area contributed by atoms with Gasteiger partial charge in [-0.05, 0) is 56.4 Å². The first-order valence-electron chi connectivity index (χ1n) is 8.75. The van der Waals surface area contributed by atoms with E-state index in [4.69, 9.17) is 4.98 Å². The van der Waals surface area contributed by atoms with Gasteiger partial charge in [-0.2, -0.15) is 0 Å². The van der Waals surface area contributed by atoms with Crippen molar-refractivity contribution in [2.75, 3.05) is 5.32 Å². The molecule has 0 fully saturated rings. The molecule has 132 valence electrons. The first-order chi connectivity index (χ1) is 12.6. The lowest BCUT2D eigenvalue weighted by atomic mass is 9.97. The smallest absolute Gasteiger partial charge is 0.263 e. The van der Waals surface area contributed by atoms with Gasteiger partial charge in [-0.25, -0.2) is 9.97 Å². The molecular formula is C19H18N4OS2. The average Bonchev–Trinajstić information content (AvgIpc) is 3.18. The number of nitrogens with zero attached hydrogens (tertiary/aromatic N) is 3. The third kappa shape index (κ3) is 2.46. The molecule has 0 radical (unpaired) electrons. The number of thiophene rings is 1. The van der Waals surface area contributed by atoms with Gasteiger partial charge < -0.3 is 5.32 Å². The van der Waals surface area contributed by atoms with Crippen LogP contribution in [0.3, 0.4) is 0 Å². The summed E-state index contributed by atoms with van der Waals surface area (Å²) in [6, 6.07) is 6.05. The van der Waals surface area contributed by atoms with Gasteiger partial charge in [0.05, 0.1) is 20.6 Å². The van der Waals surface area contributed by atoms with Crippen molar-refractivity contribution in [2.45, 2.75) is 32.6 Å². The minimum Gasteiger partial charge on any atom is -0.325 e. The van der Waals surface area contributed by atoms with Gasteiger partial charge in [-0.15, -0.1) is 22.7 Å². The summed E-state index contributed by atoms with van der Waals surface area (Å²) in [5.74, 6) is 0.585. The number of hydrogen-bond acceptors (Lipinski definition) is 6. The van der Waals surface area contributed by atoms with Gasteiger partial charge in [0.25, 0.3) is 5.56 Å². The fourth-order valence-electron chi connectivity index (χ4n) is 3.64. The standard InChI is InChI=1S/C19H18N4OS2/c1-10-20-13-8-7-11(9-15(13)25-10)21-19-22-17-16(18(24)23(19)2)12-5-3-4-6-14(12)26-17/h7-9H,3-6H2,1-2H3,(H,21,22). The third-order valence-electron chi connectivity index (χ3n) is 4.95. The Bertz CT molecular complexity index is 1220. The zero-order chi connectivity index (χ0) is 17.8. The molecule has 5 rings (SSSR count). The summed E-state index contributed by atoms with van der Waals surface area (Å²) in [5.41, 5.74) is 3.20. The van der Waals surface area contributed by atoms with Crippen LogP contribution < -0.4 is 10.9 Å². The normalized spacial score (nSPS) is 14.1. The fraction of sp³-hybridized carbons (Fsp3) is 0.316. The summed E-state index contributed by atoms with van der Waals surface area (Å²) in [6.07, 6.45) is 4.44. The van der Waals surface area contributed by atoms with Crippen molar-refractivity contribution in [3.8, 4) is 0 Å². The molecule has 1 N–H and O–H groups in total. The Balaban J connectivity index is 1.61. The van der Waals surface area contributed by atoms with Crippen molar-refractivity contribution >= 4 is 54.7 Å². The summed E-state index contributed by atoms with van der Waals surface area (Å²) in [7, 11) is 1.79. The van der Waals surface area contributed by atoms with E-state index in [9.17, 15) is 4.79 Å². The molecule has 5 nitrogen and oxygen atoms in total. The molecule has 7 heteroatoms. The molecule has 0 spiro atoms. The van der Waals surface area contributed by atoms with E-state index < -0.39 is 0 Å². The van der Waals surface area contributed by atoms with Crippen LogP contribution in [0.15, 0.2) is 23.0 Å². The summed E-state index contributed by atoms with van der Waals surface area (Å²) in [5, 5.41) is 5.20. The van der Waals surface area contributed by atoms with Crippen LogP contribution in [0, 0.1) is 6.92 Å². The second kappa shape index (κ2) is 5.89. The van der Waals surface area contributed by atoms with Crippen molar-refractivity contribution in [1.82, 2.24) is 14.5 Å². The molecule has 3 aromatic heterocycles. The second-order valence-electron chi connectivity index (χ2n) is 6.73. The van der Waals surface area contributed by atoms with Gasteiger partial charge in [0, 0.05) is 17.6 Å². The Labute approximate surface area is 158 Å². The van der Waals surface area contributed by atoms with Crippen LogP contribution in [0.5, 0.6) is 0 Å². The van der Waals surface area contributed by atoms with E-state index in [1.54, 1.807) is 34.3 Å². The van der Waals surface area contributed by atoms with Crippen LogP contribution in [-0.2, 0) is 19.9 Å². The molecular weight excluding hydrogens is 364 g/mol. The number of aryl methyl sites for hydroxylation is 3. The Hall–Kier alpha value is -2.25. The summed E-state index contributed by atoms with van der Waals surface area (Å²) in [4.78, 5) is 24.4. The van der Waals surface area contributed by atoms with E-state index in [2.05, 4.69) is 16.4 Å². The van der Waals surface area contributed by atoms with Gasteiger partial charge in [0.15, 0.2) is 0 Å². The Kier molecular flexibility index (Phi) is 3.62. The van der Waals surface area contributed by atoms with Crippen molar-refractivity contribution in [2.24, 2.45) is 7.05 Å². The maximum absolute atomic E-state index is 13.0. The van der Waals surface area contributed by atoms with Gasteiger partial charge in [0.2, 0.25) is 5.95 Å². The lowest BCUT2D eigenvalue weighted by molar-refractivity contribution is 0.699. The van der Waals surface area contributed by atoms with Crippen LogP contribution in [0.2, 0.25) is 0 Å². The molecule has 0 aliphatic heterocycles. The number of benzene rings is 1. The molecule has 0 atom stereocenters. The first-order valence-corrected chi connectivity index (χ1v) is 10.4. The molecule has 1 aromatic carbocycles. The number of aromatic nitrogens is 3.